The first-order valence-electron chi connectivity index (χ1n) is 5.04. The van der Waals surface area contributed by atoms with E-state index in [9.17, 15) is 4.79 Å². The molecule has 0 saturated carbocycles. The topological polar surface area (TPSA) is 58.4 Å². The van der Waals surface area contributed by atoms with Crippen molar-refractivity contribution < 1.29 is 9.90 Å². The van der Waals surface area contributed by atoms with Gasteiger partial charge in [0, 0.05) is 19.3 Å². The second-order valence-corrected chi connectivity index (χ2v) is 3.41. The molecule has 0 aliphatic heterocycles. The van der Waals surface area contributed by atoms with Crippen molar-refractivity contribution in [1.29, 1.82) is 0 Å². The molecule has 0 fully saturated rings. The Labute approximate surface area is 94.7 Å². The van der Waals surface area contributed by atoms with Crippen molar-refractivity contribution in [2.24, 2.45) is 0 Å². The van der Waals surface area contributed by atoms with Gasteiger partial charge in [0.2, 0.25) is 0 Å². The van der Waals surface area contributed by atoms with Gasteiger partial charge in [-0.25, -0.2) is 4.98 Å². The summed E-state index contributed by atoms with van der Waals surface area (Å²) in [7, 11) is 0. The second-order valence-electron chi connectivity index (χ2n) is 3.41. The van der Waals surface area contributed by atoms with E-state index < -0.39 is 5.97 Å². The van der Waals surface area contributed by atoms with Crippen LogP contribution in [0.5, 0.6) is 0 Å². The molecule has 1 heterocycles. The summed E-state index contributed by atoms with van der Waals surface area (Å²) in [5.41, 5.74) is 0.971. The van der Waals surface area contributed by atoms with Gasteiger partial charge in [0.15, 0.2) is 0 Å². The fourth-order valence-electron chi connectivity index (χ4n) is 1.48. The number of terminal acetylenes is 1. The maximum atomic E-state index is 10.6. The Morgan fingerprint density at radius 2 is 2.50 bits per heavy atom. The molecule has 0 amide bonds. The molecule has 0 saturated heterocycles. The number of aromatic nitrogens is 2. The van der Waals surface area contributed by atoms with Crippen molar-refractivity contribution in [2.75, 3.05) is 13.1 Å². The molecule has 5 nitrogen and oxygen atoms in total. The molecule has 0 atom stereocenters. The molecule has 0 aliphatic carbocycles. The molecule has 1 aromatic heterocycles. The van der Waals surface area contributed by atoms with Crippen LogP contribution in [0.2, 0.25) is 0 Å². The van der Waals surface area contributed by atoms with E-state index in [2.05, 4.69) is 10.9 Å². The molecule has 0 aromatic carbocycles. The van der Waals surface area contributed by atoms with E-state index in [4.69, 9.17) is 11.5 Å². The standard InChI is InChI=1S/C11H15N3O2/c1-3-5-13(8-11(15)16)7-10-6-12-9-14(10)4-2/h1,6,9H,4-5,7-8H2,2H3,(H,15,16). The second kappa shape index (κ2) is 5.93. The molecule has 5 heteroatoms. The van der Waals surface area contributed by atoms with Crippen molar-refractivity contribution in [1.82, 2.24) is 14.5 Å². The predicted molar refractivity (Wildman–Crippen MR) is 59.6 cm³/mol. The maximum absolute atomic E-state index is 10.6. The highest BCUT2D eigenvalue weighted by Crippen LogP contribution is 2.04. The molecule has 0 spiro atoms. The summed E-state index contributed by atoms with van der Waals surface area (Å²) in [4.78, 5) is 16.3. The minimum absolute atomic E-state index is 0.0565. The molecule has 86 valence electrons. The van der Waals surface area contributed by atoms with Crippen molar-refractivity contribution in [3.05, 3.63) is 18.2 Å². The number of hydrogen-bond donors (Lipinski definition) is 1. The first-order valence-corrected chi connectivity index (χ1v) is 5.04. The van der Waals surface area contributed by atoms with Crippen LogP contribution in [0.1, 0.15) is 12.6 Å². The van der Waals surface area contributed by atoms with Gasteiger partial charge in [0.05, 0.1) is 25.1 Å². The van der Waals surface area contributed by atoms with E-state index >= 15 is 0 Å². The van der Waals surface area contributed by atoms with Crippen LogP contribution < -0.4 is 0 Å². The average Bonchev–Trinajstić information content (AvgIpc) is 2.64. The van der Waals surface area contributed by atoms with Crippen LogP contribution in [0.15, 0.2) is 12.5 Å². The highest BCUT2D eigenvalue weighted by molar-refractivity contribution is 5.69. The maximum Gasteiger partial charge on any atom is 0.317 e. The number of nitrogens with zero attached hydrogens (tertiary/aromatic N) is 3. The zero-order valence-corrected chi connectivity index (χ0v) is 9.26. The van der Waals surface area contributed by atoms with E-state index in [-0.39, 0.29) is 6.54 Å². The minimum atomic E-state index is -0.877. The monoisotopic (exact) mass is 221 g/mol. The Morgan fingerprint density at radius 1 is 1.75 bits per heavy atom. The molecular weight excluding hydrogens is 206 g/mol. The van der Waals surface area contributed by atoms with Crippen molar-refractivity contribution in [3.63, 3.8) is 0 Å². The Bertz CT molecular complexity index is 392. The van der Waals surface area contributed by atoms with Crippen LogP contribution >= 0.6 is 0 Å². The third-order valence-electron chi connectivity index (χ3n) is 2.20. The Kier molecular flexibility index (Phi) is 4.55. The van der Waals surface area contributed by atoms with E-state index in [0.29, 0.717) is 13.1 Å². The summed E-state index contributed by atoms with van der Waals surface area (Å²) >= 11 is 0. The summed E-state index contributed by atoms with van der Waals surface area (Å²) in [6.45, 7) is 3.59. The average molecular weight is 221 g/mol. The zero-order valence-electron chi connectivity index (χ0n) is 9.26. The highest BCUT2D eigenvalue weighted by Gasteiger charge is 2.11. The number of aliphatic carboxylic acids is 1. The van der Waals surface area contributed by atoms with Crippen molar-refractivity contribution in [3.8, 4) is 12.3 Å². The largest absolute Gasteiger partial charge is 0.480 e. The lowest BCUT2D eigenvalue weighted by Crippen LogP contribution is -2.30. The number of hydrogen-bond acceptors (Lipinski definition) is 3. The van der Waals surface area contributed by atoms with Gasteiger partial charge in [-0.15, -0.1) is 6.42 Å². The van der Waals surface area contributed by atoms with Crippen LogP contribution in [0, 0.1) is 12.3 Å². The summed E-state index contributed by atoms with van der Waals surface area (Å²) < 4.78 is 1.96. The number of aryl methyl sites for hydroxylation is 1. The van der Waals surface area contributed by atoms with Crippen LogP contribution in [-0.2, 0) is 17.9 Å². The molecule has 1 N–H and O–H groups in total. The van der Waals surface area contributed by atoms with Crippen LogP contribution in [0.25, 0.3) is 0 Å². The molecule has 0 aliphatic rings. The van der Waals surface area contributed by atoms with Gasteiger partial charge in [-0.3, -0.25) is 9.69 Å². The normalized spacial score (nSPS) is 10.3. The smallest absolute Gasteiger partial charge is 0.317 e. The number of carbonyl (C=O) groups is 1. The number of carboxylic acid groups (broad SMARTS) is 1. The van der Waals surface area contributed by atoms with E-state index in [1.807, 2.05) is 11.5 Å². The minimum Gasteiger partial charge on any atom is -0.480 e. The van der Waals surface area contributed by atoms with Crippen LogP contribution in [-0.4, -0.2) is 38.6 Å². The fourth-order valence-corrected chi connectivity index (χ4v) is 1.48. The lowest BCUT2D eigenvalue weighted by Gasteiger charge is -2.17. The third-order valence-corrected chi connectivity index (χ3v) is 2.20. The summed E-state index contributed by atoms with van der Waals surface area (Å²) in [6.07, 6.45) is 8.65. The van der Waals surface area contributed by atoms with Gasteiger partial charge in [-0.05, 0) is 6.92 Å². The summed E-state index contributed by atoms with van der Waals surface area (Å²) in [5, 5.41) is 8.73. The van der Waals surface area contributed by atoms with Gasteiger partial charge in [-0.1, -0.05) is 5.92 Å². The number of carboxylic acids is 1. The molecular formula is C11H15N3O2. The first kappa shape index (κ1) is 12.3. The quantitative estimate of drug-likeness (QED) is 0.707. The Morgan fingerprint density at radius 3 is 3.06 bits per heavy atom. The first-order chi connectivity index (χ1) is 7.67. The Hall–Kier alpha value is -1.80. The SMILES string of the molecule is C#CCN(CC(=O)O)Cc1cncn1CC. The molecule has 1 rings (SSSR count). The fraction of sp³-hybridized carbons (Fsp3) is 0.455. The third kappa shape index (κ3) is 3.41. The van der Waals surface area contributed by atoms with Gasteiger partial charge >= 0.3 is 5.97 Å². The lowest BCUT2D eigenvalue weighted by molar-refractivity contribution is -0.138. The summed E-state index contributed by atoms with van der Waals surface area (Å²) in [6, 6.07) is 0. The molecule has 16 heavy (non-hydrogen) atoms. The Balaban J connectivity index is 2.67. The van der Waals surface area contributed by atoms with Crippen LogP contribution in [0.3, 0.4) is 0 Å². The summed E-state index contributed by atoms with van der Waals surface area (Å²) in [5.74, 6) is 1.58. The predicted octanol–water partition coefficient (Wildman–Crippen LogP) is 0.423. The lowest BCUT2D eigenvalue weighted by atomic mass is 10.3. The number of rotatable bonds is 6. The van der Waals surface area contributed by atoms with E-state index in [1.54, 1.807) is 17.4 Å². The van der Waals surface area contributed by atoms with Gasteiger partial charge in [0.25, 0.3) is 0 Å². The molecule has 0 bridgehead atoms. The molecule has 0 unspecified atom stereocenters. The zero-order chi connectivity index (χ0) is 12.0. The highest BCUT2D eigenvalue weighted by atomic mass is 16.4. The molecule has 1 aromatic rings. The number of imidazole rings is 1. The van der Waals surface area contributed by atoms with Gasteiger partial charge in [0.1, 0.15) is 0 Å². The van der Waals surface area contributed by atoms with E-state index in [0.717, 1.165) is 12.2 Å². The van der Waals surface area contributed by atoms with Crippen LogP contribution in [0.4, 0.5) is 0 Å². The van der Waals surface area contributed by atoms with Crippen molar-refractivity contribution in [2.45, 2.75) is 20.0 Å². The van der Waals surface area contributed by atoms with Crippen molar-refractivity contribution >= 4 is 5.97 Å². The van der Waals surface area contributed by atoms with Gasteiger partial charge < -0.3 is 9.67 Å². The van der Waals surface area contributed by atoms with Gasteiger partial charge in [-0.2, -0.15) is 0 Å². The molecule has 0 radical (unpaired) electrons. The van der Waals surface area contributed by atoms with E-state index in [1.165, 1.54) is 0 Å².